The molecule has 0 bridgehead atoms. The van der Waals surface area contributed by atoms with Crippen LogP contribution in [0.3, 0.4) is 0 Å². The highest BCUT2D eigenvalue weighted by Gasteiger charge is 2.17. The van der Waals surface area contributed by atoms with Crippen LogP contribution in [0.2, 0.25) is 0 Å². The number of aromatic nitrogens is 4. The van der Waals surface area contributed by atoms with Gasteiger partial charge in [-0.2, -0.15) is 0 Å². The zero-order valence-corrected chi connectivity index (χ0v) is 15.6. The summed E-state index contributed by atoms with van der Waals surface area (Å²) in [6.45, 7) is 1.38. The van der Waals surface area contributed by atoms with Crippen LogP contribution in [0.1, 0.15) is 35.3 Å². The minimum absolute atomic E-state index is 0.0257. The van der Waals surface area contributed by atoms with Gasteiger partial charge in [-0.3, -0.25) is 25.2 Å². The summed E-state index contributed by atoms with van der Waals surface area (Å²) in [4.78, 5) is 35.9. The van der Waals surface area contributed by atoms with Gasteiger partial charge in [0.25, 0.3) is 5.91 Å². The molecule has 2 aromatic carbocycles. The van der Waals surface area contributed by atoms with Crippen molar-refractivity contribution in [3.05, 3.63) is 72.1 Å². The van der Waals surface area contributed by atoms with E-state index < -0.39 is 17.9 Å². The molecule has 0 radical (unpaired) electrons. The maximum Gasteiger partial charge on any atom is 0.269 e. The fraction of sp³-hybridized carbons (Fsp3) is 0.158. The minimum atomic E-state index is -0.499. The normalized spacial score (nSPS) is 11.3. The number of carbonyl (C=O) groups excluding carboxylic acids is 3. The second kappa shape index (κ2) is 9.22. The number of tetrazole rings is 1. The molecule has 1 aromatic heterocycles. The molecule has 0 aliphatic heterocycles. The molecule has 29 heavy (non-hydrogen) atoms. The lowest BCUT2D eigenvalue weighted by Gasteiger charge is -2.18. The summed E-state index contributed by atoms with van der Waals surface area (Å²) < 4.78 is 1.45. The van der Waals surface area contributed by atoms with E-state index in [0.717, 1.165) is 5.56 Å². The van der Waals surface area contributed by atoms with Gasteiger partial charge in [0.05, 0.1) is 18.2 Å². The van der Waals surface area contributed by atoms with Crippen molar-refractivity contribution in [1.29, 1.82) is 0 Å². The van der Waals surface area contributed by atoms with Gasteiger partial charge in [0.1, 0.15) is 6.33 Å². The van der Waals surface area contributed by atoms with E-state index in [9.17, 15) is 14.4 Å². The van der Waals surface area contributed by atoms with Gasteiger partial charge in [0.2, 0.25) is 11.8 Å². The standard InChI is InChI=1S/C19H19N7O3/c1-13(27)21-17(14-5-3-2-4-6-14)11-18(28)22-23-19(29)15-7-9-16(10-8-15)26-12-20-24-25-26/h2-10,12,17H,11H2,1H3,(H,21,27)(H,22,28)(H,23,29). The largest absolute Gasteiger partial charge is 0.349 e. The van der Waals surface area contributed by atoms with Gasteiger partial charge >= 0.3 is 0 Å². The van der Waals surface area contributed by atoms with Crippen molar-refractivity contribution in [3.63, 3.8) is 0 Å². The number of hydrazine groups is 1. The molecule has 3 aromatic rings. The Bertz CT molecular complexity index is 973. The first-order valence-corrected chi connectivity index (χ1v) is 8.77. The summed E-state index contributed by atoms with van der Waals surface area (Å²) in [5, 5.41) is 13.6. The lowest BCUT2D eigenvalue weighted by Crippen LogP contribution is -2.43. The Kier molecular flexibility index (Phi) is 6.25. The second-order valence-electron chi connectivity index (χ2n) is 6.17. The fourth-order valence-electron chi connectivity index (χ4n) is 2.66. The van der Waals surface area contributed by atoms with Crippen molar-refractivity contribution in [2.75, 3.05) is 0 Å². The van der Waals surface area contributed by atoms with Gasteiger partial charge in [-0.15, -0.1) is 5.10 Å². The highest BCUT2D eigenvalue weighted by Crippen LogP contribution is 2.16. The van der Waals surface area contributed by atoms with Gasteiger partial charge in [0, 0.05) is 12.5 Å². The van der Waals surface area contributed by atoms with E-state index in [-0.39, 0.29) is 12.3 Å². The monoisotopic (exact) mass is 393 g/mol. The maximum absolute atomic E-state index is 12.3. The smallest absolute Gasteiger partial charge is 0.269 e. The van der Waals surface area contributed by atoms with Crippen molar-refractivity contribution < 1.29 is 14.4 Å². The highest BCUT2D eigenvalue weighted by atomic mass is 16.2. The predicted molar refractivity (Wildman–Crippen MR) is 102 cm³/mol. The molecule has 10 nitrogen and oxygen atoms in total. The van der Waals surface area contributed by atoms with Crippen LogP contribution in [-0.4, -0.2) is 37.9 Å². The predicted octanol–water partition coefficient (Wildman–Crippen LogP) is 0.691. The first-order valence-electron chi connectivity index (χ1n) is 8.77. The molecule has 0 aliphatic rings. The van der Waals surface area contributed by atoms with Crippen LogP contribution in [0.5, 0.6) is 0 Å². The lowest BCUT2D eigenvalue weighted by atomic mass is 10.0. The van der Waals surface area contributed by atoms with Crippen LogP contribution in [0.4, 0.5) is 0 Å². The first-order chi connectivity index (χ1) is 14.0. The van der Waals surface area contributed by atoms with E-state index in [1.807, 2.05) is 30.3 Å². The molecule has 0 fully saturated rings. The topological polar surface area (TPSA) is 131 Å². The van der Waals surface area contributed by atoms with Gasteiger partial charge in [-0.1, -0.05) is 30.3 Å². The van der Waals surface area contributed by atoms with E-state index in [0.29, 0.717) is 11.3 Å². The van der Waals surface area contributed by atoms with Crippen LogP contribution in [0.15, 0.2) is 60.9 Å². The number of nitrogens with one attached hydrogen (secondary N) is 3. The van der Waals surface area contributed by atoms with Crippen LogP contribution in [0.25, 0.3) is 5.69 Å². The quantitative estimate of drug-likeness (QED) is 0.528. The number of benzene rings is 2. The maximum atomic E-state index is 12.3. The molecule has 148 valence electrons. The number of hydrogen-bond donors (Lipinski definition) is 3. The van der Waals surface area contributed by atoms with E-state index in [4.69, 9.17) is 0 Å². The Morgan fingerprint density at radius 3 is 2.34 bits per heavy atom. The Hall–Kier alpha value is -4.08. The highest BCUT2D eigenvalue weighted by molar-refractivity contribution is 5.95. The molecule has 3 rings (SSSR count). The molecule has 0 saturated carbocycles. The van der Waals surface area contributed by atoms with Gasteiger partial charge in [-0.25, -0.2) is 4.68 Å². The molecule has 3 amide bonds. The van der Waals surface area contributed by atoms with E-state index in [1.54, 1.807) is 24.3 Å². The van der Waals surface area contributed by atoms with Crippen molar-refractivity contribution >= 4 is 17.7 Å². The Morgan fingerprint density at radius 2 is 1.72 bits per heavy atom. The van der Waals surface area contributed by atoms with Gasteiger partial charge in [-0.05, 0) is 40.3 Å². The zero-order chi connectivity index (χ0) is 20.6. The lowest BCUT2D eigenvalue weighted by molar-refractivity contribution is -0.123. The number of hydrogen-bond acceptors (Lipinski definition) is 6. The van der Waals surface area contributed by atoms with Crippen LogP contribution >= 0.6 is 0 Å². The van der Waals surface area contributed by atoms with E-state index >= 15 is 0 Å². The SMILES string of the molecule is CC(=O)NC(CC(=O)NNC(=O)c1ccc(-n2cnnn2)cc1)c1ccccc1. The average Bonchev–Trinajstić information content (AvgIpc) is 3.27. The Labute approximate surface area is 166 Å². The van der Waals surface area contributed by atoms with Gasteiger partial charge in [0.15, 0.2) is 0 Å². The molecule has 1 unspecified atom stereocenters. The van der Waals surface area contributed by atoms with E-state index in [1.165, 1.54) is 17.9 Å². The molecule has 10 heteroatoms. The molecular formula is C19H19N7O3. The van der Waals surface area contributed by atoms with Crippen molar-refractivity contribution in [3.8, 4) is 5.69 Å². The Morgan fingerprint density at radius 1 is 1.00 bits per heavy atom. The van der Waals surface area contributed by atoms with Crippen LogP contribution in [-0.2, 0) is 9.59 Å². The fourth-order valence-corrected chi connectivity index (χ4v) is 2.66. The minimum Gasteiger partial charge on any atom is -0.349 e. The third kappa shape index (κ3) is 5.45. The molecule has 0 saturated heterocycles. The van der Waals surface area contributed by atoms with Crippen molar-refractivity contribution in [1.82, 2.24) is 36.4 Å². The molecular weight excluding hydrogens is 374 g/mol. The number of rotatable bonds is 6. The second-order valence-corrected chi connectivity index (χ2v) is 6.17. The van der Waals surface area contributed by atoms with Crippen molar-refractivity contribution in [2.45, 2.75) is 19.4 Å². The third-order valence-electron chi connectivity index (χ3n) is 4.03. The zero-order valence-electron chi connectivity index (χ0n) is 15.6. The summed E-state index contributed by atoms with van der Waals surface area (Å²) in [5.74, 6) is -1.16. The third-order valence-corrected chi connectivity index (χ3v) is 4.03. The van der Waals surface area contributed by atoms with Crippen LogP contribution < -0.4 is 16.2 Å². The molecule has 3 N–H and O–H groups in total. The summed E-state index contributed by atoms with van der Waals surface area (Å²) >= 11 is 0. The first kappa shape index (κ1) is 19.7. The molecule has 0 spiro atoms. The summed E-state index contributed by atoms with van der Waals surface area (Å²) in [6.07, 6.45) is 1.41. The number of amides is 3. The number of nitrogens with zero attached hydrogens (tertiary/aromatic N) is 4. The summed E-state index contributed by atoms with van der Waals surface area (Å²) in [7, 11) is 0. The Balaban J connectivity index is 1.56. The molecule has 0 aliphatic carbocycles. The van der Waals surface area contributed by atoms with Crippen LogP contribution in [0, 0.1) is 0 Å². The average molecular weight is 393 g/mol. The number of carbonyl (C=O) groups is 3. The van der Waals surface area contributed by atoms with E-state index in [2.05, 4.69) is 31.7 Å². The molecule has 1 atom stereocenters. The van der Waals surface area contributed by atoms with Gasteiger partial charge < -0.3 is 5.32 Å². The summed E-state index contributed by atoms with van der Waals surface area (Å²) in [5.41, 5.74) is 6.57. The van der Waals surface area contributed by atoms with Crippen molar-refractivity contribution in [2.24, 2.45) is 0 Å². The summed E-state index contributed by atoms with van der Waals surface area (Å²) in [6, 6.07) is 15.2. The molecule has 1 heterocycles.